The highest BCUT2D eigenvalue weighted by Gasteiger charge is 2.39. The Morgan fingerprint density at radius 3 is 2.00 bits per heavy atom. The molecule has 0 aliphatic rings. The molecule has 0 saturated heterocycles. The highest BCUT2D eigenvalue weighted by atomic mass is 16.5. The lowest BCUT2D eigenvalue weighted by Gasteiger charge is -2.43. The third-order valence-electron chi connectivity index (χ3n) is 3.74. The monoisotopic (exact) mass is 216 g/mol. The summed E-state index contributed by atoms with van der Waals surface area (Å²) in [5.41, 5.74) is 0.0821. The Morgan fingerprint density at radius 1 is 1.13 bits per heavy atom. The Morgan fingerprint density at radius 2 is 1.67 bits per heavy atom. The molecule has 0 aliphatic heterocycles. The lowest BCUT2D eigenvalue weighted by atomic mass is 9.72. The van der Waals surface area contributed by atoms with Gasteiger partial charge < -0.3 is 9.47 Å². The lowest BCUT2D eigenvalue weighted by Crippen LogP contribution is -2.43. The molecular formula is C13H28O2. The van der Waals surface area contributed by atoms with Gasteiger partial charge in [0.1, 0.15) is 0 Å². The quantitative estimate of drug-likeness (QED) is 0.647. The summed E-state index contributed by atoms with van der Waals surface area (Å²) in [6, 6.07) is 0. The van der Waals surface area contributed by atoms with Gasteiger partial charge in [-0.25, -0.2) is 0 Å². The molecule has 0 spiro atoms. The van der Waals surface area contributed by atoms with Crippen LogP contribution in [0.2, 0.25) is 0 Å². The molecule has 0 radical (unpaired) electrons. The molecular weight excluding hydrogens is 188 g/mol. The molecule has 0 aromatic rings. The van der Waals surface area contributed by atoms with E-state index in [-0.39, 0.29) is 11.0 Å². The second-order valence-corrected chi connectivity index (χ2v) is 5.34. The van der Waals surface area contributed by atoms with Gasteiger partial charge in [-0.2, -0.15) is 0 Å². The summed E-state index contributed by atoms with van der Waals surface area (Å²) < 4.78 is 11.3. The number of ether oxygens (including phenoxy) is 2. The Labute approximate surface area is 95.3 Å². The number of rotatable bonds is 7. The van der Waals surface area contributed by atoms with Gasteiger partial charge in [0.2, 0.25) is 0 Å². The molecule has 1 unspecified atom stereocenters. The van der Waals surface area contributed by atoms with Crippen LogP contribution in [0.15, 0.2) is 0 Å². The zero-order valence-corrected chi connectivity index (χ0v) is 11.5. The van der Waals surface area contributed by atoms with Crippen molar-refractivity contribution < 1.29 is 9.47 Å². The second kappa shape index (κ2) is 5.86. The first-order valence-electron chi connectivity index (χ1n) is 5.96. The van der Waals surface area contributed by atoms with Crippen LogP contribution in [0.5, 0.6) is 0 Å². The maximum absolute atomic E-state index is 5.65. The predicted octanol–water partition coefficient (Wildman–Crippen LogP) is 3.64. The minimum atomic E-state index is -0.0622. The standard InChI is InChI=1S/C13H28O2/c1-8-13(6,14-7)12(4,5)9-10-15-11(2)3/h11H,8-10H2,1-7H3. The van der Waals surface area contributed by atoms with Crippen LogP contribution in [0.3, 0.4) is 0 Å². The average molecular weight is 216 g/mol. The molecule has 92 valence electrons. The molecule has 15 heavy (non-hydrogen) atoms. The fraction of sp³-hybridized carbons (Fsp3) is 1.00. The minimum Gasteiger partial charge on any atom is -0.379 e. The van der Waals surface area contributed by atoms with Crippen LogP contribution >= 0.6 is 0 Å². The van der Waals surface area contributed by atoms with Gasteiger partial charge in [-0.1, -0.05) is 20.8 Å². The van der Waals surface area contributed by atoms with Crippen molar-refractivity contribution in [3.8, 4) is 0 Å². The van der Waals surface area contributed by atoms with Gasteiger partial charge in [0, 0.05) is 13.7 Å². The summed E-state index contributed by atoms with van der Waals surface area (Å²) in [7, 11) is 1.80. The number of hydrogen-bond acceptors (Lipinski definition) is 2. The first-order chi connectivity index (χ1) is 6.79. The molecule has 1 atom stereocenters. The fourth-order valence-corrected chi connectivity index (χ4v) is 1.71. The third kappa shape index (κ3) is 4.12. The van der Waals surface area contributed by atoms with Crippen molar-refractivity contribution in [2.24, 2.45) is 5.41 Å². The maximum atomic E-state index is 5.65. The minimum absolute atomic E-state index is 0.0622. The van der Waals surface area contributed by atoms with Gasteiger partial charge in [0.25, 0.3) is 0 Å². The van der Waals surface area contributed by atoms with E-state index in [1.807, 2.05) is 0 Å². The van der Waals surface area contributed by atoms with Gasteiger partial charge in [-0.3, -0.25) is 0 Å². The number of methoxy groups -OCH3 is 1. The smallest absolute Gasteiger partial charge is 0.0699 e. The molecule has 0 N–H and O–H groups in total. The van der Waals surface area contributed by atoms with Crippen LogP contribution in [-0.4, -0.2) is 25.4 Å². The van der Waals surface area contributed by atoms with Gasteiger partial charge in [0.05, 0.1) is 11.7 Å². The van der Waals surface area contributed by atoms with Gasteiger partial charge in [-0.15, -0.1) is 0 Å². The maximum Gasteiger partial charge on any atom is 0.0699 e. The van der Waals surface area contributed by atoms with Crippen LogP contribution < -0.4 is 0 Å². The van der Waals surface area contributed by atoms with Crippen LogP contribution in [-0.2, 0) is 9.47 Å². The lowest BCUT2D eigenvalue weighted by molar-refractivity contribution is -0.101. The van der Waals surface area contributed by atoms with Crippen LogP contribution in [0.4, 0.5) is 0 Å². The van der Waals surface area contributed by atoms with E-state index < -0.39 is 0 Å². The Bertz CT molecular complexity index is 169. The van der Waals surface area contributed by atoms with E-state index in [9.17, 15) is 0 Å². The molecule has 0 aromatic heterocycles. The van der Waals surface area contributed by atoms with E-state index in [2.05, 4.69) is 41.5 Å². The molecule has 0 bridgehead atoms. The van der Waals surface area contributed by atoms with Crippen molar-refractivity contribution in [1.29, 1.82) is 0 Å². The highest BCUT2D eigenvalue weighted by Crippen LogP contribution is 2.39. The first-order valence-corrected chi connectivity index (χ1v) is 5.96. The molecule has 0 heterocycles. The van der Waals surface area contributed by atoms with Gasteiger partial charge in [0.15, 0.2) is 0 Å². The highest BCUT2D eigenvalue weighted by molar-refractivity contribution is 4.90. The molecule has 0 rings (SSSR count). The molecule has 0 aromatic carbocycles. The van der Waals surface area contributed by atoms with Crippen LogP contribution in [0, 0.1) is 5.41 Å². The summed E-state index contributed by atoms with van der Waals surface area (Å²) in [6.07, 6.45) is 2.37. The molecule has 0 aliphatic carbocycles. The Hall–Kier alpha value is -0.0800. The summed E-state index contributed by atoms with van der Waals surface area (Å²) >= 11 is 0. The second-order valence-electron chi connectivity index (χ2n) is 5.34. The SMILES string of the molecule is CCC(C)(OC)C(C)(C)CCOC(C)C. The van der Waals surface area contributed by atoms with E-state index in [4.69, 9.17) is 9.47 Å². The Balaban J connectivity index is 4.26. The topological polar surface area (TPSA) is 18.5 Å². The van der Waals surface area contributed by atoms with E-state index in [0.29, 0.717) is 6.10 Å². The first kappa shape index (κ1) is 14.9. The van der Waals surface area contributed by atoms with E-state index in [1.54, 1.807) is 7.11 Å². The molecule has 2 heteroatoms. The summed E-state index contributed by atoms with van der Waals surface area (Å²) in [4.78, 5) is 0. The van der Waals surface area contributed by atoms with Crippen LogP contribution in [0.25, 0.3) is 0 Å². The van der Waals surface area contributed by atoms with Crippen molar-refractivity contribution >= 4 is 0 Å². The van der Waals surface area contributed by atoms with E-state index in [0.717, 1.165) is 19.4 Å². The van der Waals surface area contributed by atoms with Crippen molar-refractivity contribution in [3.05, 3.63) is 0 Å². The average Bonchev–Trinajstić information content (AvgIpc) is 2.15. The van der Waals surface area contributed by atoms with Gasteiger partial charge in [-0.05, 0) is 39.0 Å². The van der Waals surface area contributed by atoms with Crippen molar-refractivity contribution in [1.82, 2.24) is 0 Å². The zero-order valence-electron chi connectivity index (χ0n) is 11.5. The van der Waals surface area contributed by atoms with E-state index >= 15 is 0 Å². The zero-order chi connectivity index (χ0) is 12.1. The number of hydrogen-bond donors (Lipinski definition) is 0. The van der Waals surface area contributed by atoms with Crippen molar-refractivity contribution in [2.75, 3.05) is 13.7 Å². The predicted molar refractivity (Wildman–Crippen MR) is 65.2 cm³/mol. The van der Waals surface area contributed by atoms with E-state index in [1.165, 1.54) is 0 Å². The molecule has 0 amide bonds. The molecule has 2 nitrogen and oxygen atoms in total. The summed E-state index contributed by atoms with van der Waals surface area (Å²) in [5.74, 6) is 0. The van der Waals surface area contributed by atoms with Crippen LogP contribution in [0.1, 0.15) is 54.4 Å². The largest absolute Gasteiger partial charge is 0.379 e. The third-order valence-corrected chi connectivity index (χ3v) is 3.74. The molecule has 0 fully saturated rings. The normalized spacial score (nSPS) is 16.8. The van der Waals surface area contributed by atoms with Crippen molar-refractivity contribution in [2.45, 2.75) is 66.1 Å². The van der Waals surface area contributed by atoms with Crippen molar-refractivity contribution in [3.63, 3.8) is 0 Å². The van der Waals surface area contributed by atoms with Gasteiger partial charge >= 0.3 is 0 Å². The summed E-state index contributed by atoms with van der Waals surface area (Å²) in [5, 5.41) is 0. The molecule has 0 saturated carbocycles. The summed E-state index contributed by atoms with van der Waals surface area (Å²) in [6.45, 7) is 13.8. The Kier molecular flexibility index (Phi) is 5.82. The fourth-order valence-electron chi connectivity index (χ4n) is 1.71.